The summed E-state index contributed by atoms with van der Waals surface area (Å²) in [6, 6.07) is 4.42. The topological polar surface area (TPSA) is 115 Å². The Balaban J connectivity index is 1.91. The highest BCUT2D eigenvalue weighted by Gasteiger charge is 2.32. The van der Waals surface area contributed by atoms with E-state index in [0.717, 1.165) is 25.7 Å². The van der Waals surface area contributed by atoms with Gasteiger partial charge in [0, 0.05) is 36.0 Å². The Hall–Kier alpha value is -2.83. The summed E-state index contributed by atoms with van der Waals surface area (Å²) in [5.74, 6) is -0.981. The molecule has 156 valence electrons. The van der Waals surface area contributed by atoms with Crippen molar-refractivity contribution in [2.45, 2.75) is 58.3 Å². The van der Waals surface area contributed by atoms with Crippen LogP contribution in [0.4, 0.5) is 5.69 Å². The molecule has 1 aromatic rings. The number of carbonyl (C=O) groups is 3. The highest BCUT2D eigenvalue weighted by molar-refractivity contribution is 6.05. The molecule has 0 amide bonds. The fourth-order valence-corrected chi connectivity index (χ4v) is 3.80. The molecule has 2 atom stereocenters. The summed E-state index contributed by atoms with van der Waals surface area (Å²) in [6.07, 6.45) is 8.55. The second kappa shape index (κ2) is 10.6. The number of carbonyl (C=O) groups excluding carboxylic acids is 2. The maximum absolute atomic E-state index is 12.4. The SMILES string of the molecule is Cc1ccc(C(=O)/C=C/C2CCC(=O)C2CCCCCCC(=O)O)cc1[N+](=O)[O-]. The first kappa shape index (κ1) is 22.5. The molecule has 0 bridgehead atoms. The van der Waals surface area contributed by atoms with Gasteiger partial charge in [0.1, 0.15) is 5.78 Å². The number of rotatable bonds is 11. The molecule has 0 heterocycles. The predicted molar refractivity (Wildman–Crippen MR) is 108 cm³/mol. The van der Waals surface area contributed by atoms with Crippen LogP contribution in [0.15, 0.2) is 30.4 Å². The molecule has 1 aromatic carbocycles. The average Bonchev–Trinajstić information content (AvgIpc) is 3.02. The fourth-order valence-electron chi connectivity index (χ4n) is 3.80. The number of hydrogen-bond acceptors (Lipinski definition) is 5. The zero-order valence-corrected chi connectivity index (χ0v) is 16.6. The second-order valence-electron chi connectivity index (χ2n) is 7.60. The fraction of sp³-hybridized carbons (Fsp3) is 0.500. The van der Waals surface area contributed by atoms with Crippen LogP contribution >= 0.6 is 0 Å². The lowest BCUT2D eigenvalue weighted by Gasteiger charge is -2.14. The minimum absolute atomic E-state index is 0.00547. The molecule has 0 spiro atoms. The van der Waals surface area contributed by atoms with E-state index in [1.807, 2.05) is 0 Å². The van der Waals surface area contributed by atoms with Crippen molar-refractivity contribution < 1.29 is 24.4 Å². The van der Waals surface area contributed by atoms with E-state index < -0.39 is 10.9 Å². The highest BCUT2D eigenvalue weighted by Crippen LogP contribution is 2.34. The maximum atomic E-state index is 12.4. The largest absolute Gasteiger partial charge is 0.481 e. The smallest absolute Gasteiger partial charge is 0.303 e. The molecule has 1 aliphatic carbocycles. The molecule has 7 nitrogen and oxygen atoms in total. The third kappa shape index (κ3) is 6.62. The Bertz CT molecular complexity index is 814. The van der Waals surface area contributed by atoms with Crippen LogP contribution in [0.1, 0.15) is 67.3 Å². The zero-order valence-electron chi connectivity index (χ0n) is 16.6. The molecule has 1 N–H and O–H groups in total. The summed E-state index contributed by atoms with van der Waals surface area (Å²) in [6.45, 7) is 1.62. The normalized spacial score (nSPS) is 19.0. The number of benzene rings is 1. The van der Waals surface area contributed by atoms with Crippen LogP contribution in [0.3, 0.4) is 0 Å². The van der Waals surface area contributed by atoms with Crippen LogP contribution < -0.4 is 0 Å². The number of Topliss-reactive ketones (excluding diaryl/α,β-unsaturated/α-hetero) is 1. The number of aryl methyl sites for hydroxylation is 1. The molecule has 0 saturated heterocycles. The van der Waals surface area contributed by atoms with E-state index in [1.54, 1.807) is 25.1 Å². The molecule has 2 rings (SSSR count). The first-order valence-electron chi connectivity index (χ1n) is 10.0. The monoisotopic (exact) mass is 401 g/mol. The number of nitro benzene ring substituents is 1. The molecular weight excluding hydrogens is 374 g/mol. The summed E-state index contributed by atoms with van der Waals surface area (Å²) in [4.78, 5) is 45.7. The third-order valence-corrected chi connectivity index (χ3v) is 5.50. The Kier molecular flexibility index (Phi) is 8.24. The zero-order chi connectivity index (χ0) is 21.4. The van der Waals surface area contributed by atoms with Crippen molar-refractivity contribution in [3.8, 4) is 0 Å². The van der Waals surface area contributed by atoms with Gasteiger partial charge >= 0.3 is 5.97 Å². The van der Waals surface area contributed by atoms with E-state index in [4.69, 9.17) is 5.11 Å². The van der Waals surface area contributed by atoms with Gasteiger partial charge in [-0.25, -0.2) is 0 Å². The van der Waals surface area contributed by atoms with E-state index in [9.17, 15) is 24.5 Å². The number of carboxylic acids is 1. The van der Waals surface area contributed by atoms with Gasteiger partial charge in [-0.1, -0.05) is 37.5 Å². The summed E-state index contributed by atoms with van der Waals surface area (Å²) in [5.41, 5.74) is 0.680. The molecule has 2 unspecified atom stereocenters. The average molecular weight is 401 g/mol. The van der Waals surface area contributed by atoms with Gasteiger partial charge in [-0.2, -0.15) is 0 Å². The standard InChI is InChI=1S/C22H27NO6/c1-15-8-9-17(14-19(15)23(28)29)20(24)12-10-16-11-13-21(25)18(16)6-4-2-3-5-7-22(26)27/h8-10,12,14,16,18H,2-7,11,13H2,1H3,(H,26,27)/b12-10+. The van der Waals surface area contributed by atoms with Crippen molar-refractivity contribution in [3.63, 3.8) is 0 Å². The van der Waals surface area contributed by atoms with Crippen LogP contribution in [0.25, 0.3) is 0 Å². The number of nitrogens with zero attached hydrogens (tertiary/aromatic N) is 1. The molecule has 0 aromatic heterocycles. The minimum Gasteiger partial charge on any atom is -0.481 e. The summed E-state index contributed by atoms with van der Waals surface area (Å²) < 4.78 is 0. The Labute approximate surface area is 170 Å². The van der Waals surface area contributed by atoms with Crippen molar-refractivity contribution in [3.05, 3.63) is 51.6 Å². The number of aliphatic carboxylic acids is 1. The molecule has 0 aliphatic heterocycles. The van der Waals surface area contributed by atoms with Crippen molar-refractivity contribution in [1.29, 1.82) is 0 Å². The van der Waals surface area contributed by atoms with Gasteiger partial charge in [-0.05, 0) is 38.2 Å². The van der Waals surface area contributed by atoms with E-state index in [-0.39, 0.29) is 41.1 Å². The number of allylic oxidation sites excluding steroid dienone is 2. The number of nitro groups is 1. The molecule has 0 radical (unpaired) electrons. The van der Waals surface area contributed by atoms with Gasteiger partial charge < -0.3 is 5.11 Å². The summed E-state index contributed by atoms with van der Waals surface area (Å²) in [7, 11) is 0. The van der Waals surface area contributed by atoms with E-state index in [0.29, 0.717) is 24.8 Å². The van der Waals surface area contributed by atoms with E-state index in [2.05, 4.69) is 0 Å². The van der Waals surface area contributed by atoms with E-state index in [1.165, 1.54) is 12.1 Å². The van der Waals surface area contributed by atoms with Crippen LogP contribution in [0, 0.1) is 28.9 Å². The van der Waals surface area contributed by atoms with Crippen molar-refractivity contribution in [2.75, 3.05) is 0 Å². The van der Waals surface area contributed by atoms with Gasteiger partial charge in [-0.3, -0.25) is 24.5 Å². The second-order valence-corrected chi connectivity index (χ2v) is 7.60. The Morgan fingerprint density at radius 1 is 1.24 bits per heavy atom. The quantitative estimate of drug-likeness (QED) is 0.190. The Morgan fingerprint density at radius 2 is 1.97 bits per heavy atom. The first-order chi connectivity index (χ1) is 13.8. The molecule has 1 aliphatic rings. The lowest BCUT2D eigenvalue weighted by Crippen LogP contribution is -2.13. The van der Waals surface area contributed by atoms with Gasteiger partial charge in [0.05, 0.1) is 4.92 Å². The van der Waals surface area contributed by atoms with Crippen molar-refractivity contribution >= 4 is 23.2 Å². The molecule has 1 fully saturated rings. The number of ketones is 2. The molecule has 1 saturated carbocycles. The summed E-state index contributed by atoms with van der Waals surface area (Å²) >= 11 is 0. The number of carboxylic acid groups (broad SMARTS) is 1. The molecule has 29 heavy (non-hydrogen) atoms. The summed E-state index contributed by atoms with van der Waals surface area (Å²) in [5, 5.41) is 19.7. The predicted octanol–water partition coefficient (Wildman–Crippen LogP) is 4.66. The number of hydrogen-bond donors (Lipinski definition) is 1. The highest BCUT2D eigenvalue weighted by atomic mass is 16.6. The molecular formula is C22H27NO6. The van der Waals surface area contributed by atoms with Crippen LogP contribution in [0.5, 0.6) is 0 Å². The van der Waals surface area contributed by atoms with Crippen LogP contribution in [0.2, 0.25) is 0 Å². The molecule has 7 heteroatoms. The van der Waals surface area contributed by atoms with Gasteiger partial charge in [0.2, 0.25) is 0 Å². The van der Waals surface area contributed by atoms with Crippen LogP contribution in [-0.4, -0.2) is 27.6 Å². The van der Waals surface area contributed by atoms with Crippen LogP contribution in [-0.2, 0) is 9.59 Å². The van der Waals surface area contributed by atoms with Gasteiger partial charge in [0.25, 0.3) is 5.69 Å². The van der Waals surface area contributed by atoms with Gasteiger partial charge in [-0.15, -0.1) is 0 Å². The Morgan fingerprint density at radius 3 is 2.66 bits per heavy atom. The lowest BCUT2D eigenvalue weighted by atomic mass is 9.89. The minimum atomic E-state index is -0.787. The van der Waals surface area contributed by atoms with E-state index >= 15 is 0 Å². The number of unbranched alkanes of at least 4 members (excludes halogenated alkanes) is 3. The van der Waals surface area contributed by atoms with Crippen molar-refractivity contribution in [2.24, 2.45) is 11.8 Å². The lowest BCUT2D eigenvalue weighted by molar-refractivity contribution is -0.385. The van der Waals surface area contributed by atoms with Gasteiger partial charge in [0.15, 0.2) is 5.78 Å². The third-order valence-electron chi connectivity index (χ3n) is 5.50. The maximum Gasteiger partial charge on any atom is 0.303 e. The first-order valence-corrected chi connectivity index (χ1v) is 10.0. The van der Waals surface area contributed by atoms with Crippen molar-refractivity contribution in [1.82, 2.24) is 0 Å².